The minimum absolute atomic E-state index is 0.0667. The lowest BCUT2D eigenvalue weighted by Crippen LogP contribution is -2.33. The third-order valence-corrected chi connectivity index (χ3v) is 3.79. The predicted octanol–water partition coefficient (Wildman–Crippen LogP) is 3.43. The lowest BCUT2D eigenvalue weighted by Gasteiger charge is -2.27. The van der Waals surface area contributed by atoms with Gasteiger partial charge in [0.15, 0.2) is 11.6 Å². The van der Waals surface area contributed by atoms with Gasteiger partial charge in [0.05, 0.1) is 6.10 Å². The molecule has 3 unspecified atom stereocenters. The van der Waals surface area contributed by atoms with Crippen LogP contribution in [0.25, 0.3) is 0 Å². The summed E-state index contributed by atoms with van der Waals surface area (Å²) < 4.78 is 33.0. The van der Waals surface area contributed by atoms with E-state index >= 15 is 0 Å². The van der Waals surface area contributed by atoms with Gasteiger partial charge in [-0.2, -0.15) is 0 Å². The monoisotopic (exact) mass is 269 g/mol. The lowest BCUT2D eigenvalue weighted by molar-refractivity contribution is 0.0948. The topological polar surface area (TPSA) is 21.3 Å². The lowest BCUT2D eigenvalue weighted by atomic mass is 9.88. The molecule has 0 radical (unpaired) electrons. The van der Waals surface area contributed by atoms with Crippen LogP contribution in [0.1, 0.15) is 38.3 Å². The highest BCUT2D eigenvalue weighted by atomic mass is 19.2. The van der Waals surface area contributed by atoms with Crippen LogP contribution in [0.4, 0.5) is 8.78 Å². The maximum atomic E-state index is 14.0. The highest BCUT2D eigenvalue weighted by Crippen LogP contribution is 2.34. The van der Waals surface area contributed by atoms with E-state index in [4.69, 9.17) is 4.74 Å². The predicted molar refractivity (Wildman–Crippen MR) is 70.9 cm³/mol. The summed E-state index contributed by atoms with van der Waals surface area (Å²) in [6.07, 6.45) is 1.89. The Kier molecular flexibility index (Phi) is 4.88. The van der Waals surface area contributed by atoms with Crippen molar-refractivity contribution in [3.05, 3.63) is 35.4 Å². The van der Waals surface area contributed by atoms with Crippen LogP contribution in [0.15, 0.2) is 18.2 Å². The Labute approximate surface area is 113 Å². The van der Waals surface area contributed by atoms with E-state index in [1.807, 2.05) is 6.92 Å². The molecule has 0 spiro atoms. The number of halogens is 2. The molecule has 0 aliphatic carbocycles. The number of nitrogens with one attached hydrogen (secondary N) is 1. The van der Waals surface area contributed by atoms with Crippen molar-refractivity contribution in [1.29, 1.82) is 0 Å². The number of hydrogen-bond donors (Lipinski definition) is 1. The van der Waals surface area contributed by atoms with Gasteiger partial charge in [0.25, 0.3) is 0 Å². The molecule has 1 N–H and O–H groups in total. The van der Waals surface area contributed by atoms with Gasteiger partial charge in [-0.1, -0.05) is 19.1 Å². The van der Waals surface area contributed by atoms with E-state index in [1.165, 1.54) is 0 Å². The summed E-state index contributed by atoms with van der Waals surface area (Å²) in [4.78, 5) is 0. The van der Waals surface area contributed by atoms with Crippen molar-refractivity contribution in [3.63, 3.8) is 0 Å². The Bertz CT molecular complexity index is 425. The van der Waals surface area contributed by atoms with Crippen LogP contribution < -0.4 is 5.32 Å². The molecule has 1 fully saturated rings. The summed E-state index contributed by atoms with van der Waals surface area (Å²) in [5.41, 5.74) is 0.413. The molecule has 2 nitrogen and oxygen atoms in total. The van der Waals surface area contributed by atoms with E-state index in [0.29, 0.717) is 12.2 Å². The van der Waals surface area contributed by atoms with Crippen molar-refractivity contribution in [2.75, 3.05) is 13.2 Å². The van der Waals surface area contributed by atoms with Gasteiger partial charge < -0.3 is 10.1 Å². The third kappa shape index (κ3) is 3.12. The molecule has 1 saturated heterocycles. The number of ether oxygens (including phenoxy) is 1. The molecule has 1 heterocycles. The Morgan fingerprint density at radius 3 is 2.84 bits per heavy atom. The van der Waals surface area contributed by atoms with Crippen LogP contribution in [-0.2, 0) is 4.74 Å². The average Bonchev–Trinajstić information content (AvgIpc) is 2.81. The standard InChI is InChI=1S/C15H21F2NO/c1-3-8-18-15(11-7-9-19-10(11)2)12-5-4-6-13(16)14(12)17/h4-6,10-11,15,18H,3,7-9H2,1-2H3. The molecule has 2 rings (SSSR count). The van der Waals surface area contributed by atoms with Crippen LogP contribution in [-0.4, -0.2) is 19.3 Å². The minimum atomic E-state index is -0.785. The SMILES string of the molecule is CCCNC(c1cccc(F)c1F)C1CCOC1C. The number of rotatable bonds is 5. The van der Waals surface area contributed by atoms with Crippen molar-refractivity contribution in [3.8, 4) is 0 Å². The zero-order valence-electron chi connectivity index (χ0n) is 11.5. The van der Waals surface area contributed by atoms with E-state index in [0.717, 1.165) is 25.5 Å². The summed E-state index contributed by atoms with van der Waals surface area (Å²) in [7, 11) is 0. The fraction of sp³-hybridized carbons (Fsp3) is 0.600. The van der Waals surface area contributed by atoms with Gasteiger partial charge in [-0.05, 0) is 32.4 Å². The van der Waals surface area contributed by atoms with Crippen LogP contribution >= 0.6 is 0 Å². The van der Waals surface area contributed by atoms with Crippen molar-refractivity contribution in [2.24, 2.45) is 5.92 Å². The zero-order valence-corrected chi connectivity index (χ0v) is 11.5. The van der Waals surface area contributed by atoms with E-state index in [9.17, 15) is 8.78 Å². The van der Waals surface area contributed by atoms with Gasteiger partial charge in [-0.25, -0.2) is 8.78 Å². The fourth-order valence-corrected chi connectivity index (χ4v) is 2.74. The van der Waals surface area contributed by atoms with Crippen LogP contribution in [0.5, 0.6) is 0 Å². The van der Waals surface area contributed by atoms with Crippen LogP contribution in [0.2, 0.25) is 0 Å². The van der Waals surface area contributed by atoms with Crippen molar-refractivity contribution in [1.82, 2.24) is 5.32 Å². The maximum Gasteiger partial charge on any atom is 0.163 e. The molecule has 1 aliphatic rings. The molecule has 1 aromatic rings. The second kappa shape index (κ2) is 6.44. The normalized spacial score (nSPS) is 24.6. The van der Waals surface area contributed by atoms with Gasteiger partial charge in [-0.15, -0.1) is 0 Å². The summed E-state index contributed by atoms with van der Waals surface area (Å²) >= 11 is 0. The molecule has 1 aliphatic heterocycles. The molecule has 0 saturated carbocycles. The first kappa shape index (κ1) is 14.4. The summed E-state index contributed by atoms with van der Waals surface area (Å²) in [6.45, 7) is 5.52. The summed E-state index contributed by atoms with van der Waals surface area (Å²) in [5, 5.41) is 3.34. The summed E-state index contributed by atoms with van der Waals surface area (Å²) in [5.74, 6) is -1.34. The van der Waals surface area contributed by atoms with Gasteiger partial charge in [0.1, 0.15) is 0 Å². The Morgan fingerprint density at radius 1 is 1.42 bits per heavy atom. The highest BCUT2D eigenvalue weighted by molar-refractivity contribution is 5.24. The van der Waals surface area contributed by atoms with Crippen molar-refractivity contribution < 1.29 is 13.5 Å². The van der Waals surface area contributed by atoms with E-state index in [-0.39, 0.29) is 18.1 Å². The van der Waals surface area contributed by atoms with E-state index < -0.39 is 11.6 Å². The fourth-order valence-electron chi connectivity index (χ4n) is 2.74. The van der Waals surface area contributed by atoms with Crippen LogP contribution in [0.3, 0.4) is 0 Å². The van der Waals surface area contributed by atoms with Gasteiger partial charge >= 0.3 is 0 Å². The van der Waals surface area contributed by atoms with Gasteiger partial charge in [0.2, 0.25) is 0 Å². The Balaban J connectivity index is 2.28. The molecule has 4 heteroatoms. The first-order valence-electron chi connectivity index (χ1n) is 6.94. The second-order valence-electron chi connectivity index (χ2n) is 5.10. The third-order valence-electron chi connectivity index (χ3n) is 3.79. The number of hydrogen-bond acceptors (Lipinski definition) is 2. The van der Waals surface area contributed by atoms with Crippen LogP contribution in [0, 0.1) is 17.6 Å². The minimum Gasteiger partial charge on any atom is -0.378 e. The second-order valence-corrected chi connectivity index (χ2v) is 5.10. The van der Waals surface area contributed by atoms with Gasteiger partial charge in [-0.3, -0.25) is 0 Å². The van der Waals surface area contributed by atoms with E-state index in [1.54, 1.807) is 12.1 Å². The molecule has 1 aromatic carbocycles. The average molecular weight is 269 g/mol. The molecule has 3 atom stereocenters. The molecule has 0 amide bonds. The quantitative estimate of drug-likeness (QED) is 0.884. The smallest absolute Gasteiger partial charge is 0.163 e. The Hall–Kier alpha value is -1.00. The van der Waals surface area contributed by atoms with E-state index in [2.05, 4.69) is 12.2 Å². The van der Waals surface area contributed by atoms with Gasteiger partial charge in [0, 0.05) is 24.1 Å². The molecule has 106 valence electrons. The molecular formula is C15H21F2NO. The molecule has 0 bridgehead atoms. The first-order chi connectivity index (χ1) is 9.15. The zero-order chi connectivity index (χ0) is 13.8. The molecular weight excluding hydrogens is 248 g/mol. The summed E-state index contributed by atoms with van der Waals surface area (Å²) in [6, 6.07) is 4.20. The highest BCUT2D eigenvalue weighted by Gasteiger charge is 2.34. The van der Waals surface area contributed by atoms with Crippen molar-refractivity contribution >= 4 is 0 Å². The first-order valence-corrected chi connectivity index (χ1v) is 6.94. The van der Waals surface area contributed by atoms with Crippen molar-refractivity contribution in [2.45, 2.75) is 38.8 Å². The Morgan fingerprint density at radius 2 is 2.21 bits per heavy atom. The molecule has 0 aromatic heterocycles. The maximum absolute atomic E-state index is 14.0. The number of benzene rings is 1. The largest absolute Gasteiger partial charge is 0.378 e. The molecule has 19 heavy (non-hydrogen) atoms.